The third-order valence-electron chi connectivity index (χ3n) is 5.85. The quantitative estimate of drug-likeness (QED) is 0.440. The summed E-state index contributed by atoms with van der Waals surface area (Å²) < 4.78 is 1.75. The van der Waals surface area contributed by atoms with Gasteiger partial charge in [0.25, 0.3) is 11.8 Å². The fourth-order valence-corrected chi connectivity index (χ4v) is 4.20. The Hall–Kier alpha value is -4.26. The number of fused-ring (bicyclic) bond motifs is 2. The van der Waals surface area contributed by atoms with E-state index in [1.165, 1.54) is 4.90 Å². The zero-order valence-electron chi connectivity index (χ0n) is 17.9. The van der Waals surface area contributed by atoms with E-state index in [9.17, 15) is 14.4 Å². The molecule has 0 radical (unpaired) electrons. The number of carbonyl (C=O) groups excluding carboxylic acids is 3. The van der Waals surface area contributed by atoms with E-state index in [1.54, 1.807) is 41.2 Å². The molecule has 3 aromatic carbocycles. The lowest BCUT2D eigenvalue weighted by Crippen LogP contribution is -2.31. The number of benzene rings is 3. The molecule has 0 spiro atoms. The van der Waals surface area contributed by atoms with Gasteiger partial charge in [-0.25, -0.2) is 4.68 Å². The number of carbonyl (C=O) groups is 3. The van der Waals surface area contributed by atoms with Gasteiger partial charge >= 0.3 is 0 Å². The Labute approximate surface area is 190 Å². The van der Waals surface area contributed by atoms with Crippen LogP contribution in [-0.2, 0) is 11.3 Å². The second-order valence-corrected chi connectivity index (χ2v) is 7.97. The van der Waals surface area contributed by atoms with Crippen molar-refractivity contribution in [1.82, 2.24) is 14.7 Å². The average molecular weight is 438 g/mol. The Balaban J connectivity index is 1.19. The van der Waals surface area contributed by atoms with Crippen LogP contribution in [0.5, 0.6) is 0 Å². The molecule has 4 aromatic rings. The van der Waals surface area contributed by atoms with E-state index in [2.05, 4.69) is 34.7 Å². The van der Waals surface area contributed by atoms with Gasteiger partial charge in [0.05, 0.1) is 23.9 Å². The fourth-order valence-electron chi connectivity index (χ4n) is 4.20. The minimum atomic E-state index is -0.302. The molecule has 2 heterocycles. The van der Waals surface area contributed by atoms with Gasteiger partial charge in [-0.2, -0.15) is 5.10 Å². The number of hydrogen-bond donors (Lipinski definition) is 1. The zero-order chi connectivity index (χ0) is 22.8. The number of imide groups is 1. The second-order valence-electron chi connectivity index (χ2n) is 7.97. The van der Waals surface area contributed by atoms with Crippen LogP contribution in [-0.4, -0.2) is 38.9 Å². The molecular formula is C26H22N4O3. The highest BCUT2D eigenvalue weighted by atomic mass is 16.2. The SMILES string of the molecule is O=C(CCCN1C(=O)c2ccccc2C1=O)Nc1ccnn1Cc1cccc2ccccc12. The van der Waals surface area contributed by atoms with Gasteiger partial charge in [-0.15, -0.1) is 0 Å². The van der Waals surface area contributed by atoms with E-state index in [0.717, 1.165) is 16.3 Å². The zero-order valence-corrected chi connectivity index (χ0v) is 17.9. The molecule has 7 heteroatoms. The van der Waals surface area contributed by atoms with E-state index in [1.807, 2.05) is 18.2 Å². The van der Waals surface area contributed by atoms with Crippen molar-refractivity contribution in [3.8, 4) is 0 Å². The Morgan fingerprint density at radius 3 is 2.33 bits per heavy atom. The highest BCUT2D eigenvalue weighted by Gasteiger charge is 2.34. The molecule has 1 N–H and O–H groups in total. The molecule has 0 unspecified atom stereocenters. The van der Waals surface area contributed by atoms with Crippen LogP contribution in [0.3, 0.4) is 0 Å². The van der Waals surface area contributed by atoms with Crippen molar-refractivity contribution < 1.29 is 14.4 Å². The summed E-state index contributed by atoms with van der Waals surface area (Å²) in [7, 11) is 0. The van der Waals surface area contributed by atoms with Gasteiger partial charge in [-0.05, 0) is 34.9 Å². The first-order valence-corrected chi connectivity index (χ1v) is 10.9. The Kier molecular flexibility index (Phi) is 5.44. The molecule has 0 saturated heterocycles. The standard InChI is InChI=1S/C26H22N4O3/c31-24(13-6-16-29-25(32)21-11-3-4-12-22(21)26(29)33)28-23-14-15-27-30(23)17-19-9-5-8-18-7-1-2-10-20(18)19/h1-5,7-12,14-15H,6,13,16-17H2,(H,28,31). The summed E-state index contributed by atoms with van der Waals surface area (Å²) in [4.78, 5) is 38.6. The van der Waals surface area contributed by atoms with Crippen molar-refractivity contribution in [1.29, 1.82) is 0 Å². The lowest BCUT2D eigenvalue weighted by molar-refractivity contribution is -0.116. The highest BCUT2D eigenvalue weighted by Crippen LogP contribution is 2.23. The van der Waals surface area contributed by atoms with Crippen LogP contribution in [0, 0.1) is 0 Å². The number of aromatic nitrogens is 2. The maximum absolute atomic E-state index is 12.5. The topological polar surface area (TPSA) is 84.3 Å². The van der Waals surface area contributed by atoms with Gasteiger partial charge in [-0.3, -0.25) is 19.3 Å². The van der Waals surface area contributed by atoms with E-state index in [0.29, 0.717) is 29.9 Å². The van der Waals surface area contributed by atoms with Crippen molar-refractivity contribution in [2.24, 2.45) is 0 Å². The molecule has 0 aliphatic carbocycles. The third kappa shape index (κ3) is 4.01. The molecule has 0 fully saturated rings. The molecule has 0 bridgehead atoms. The molecule has 164 valence electrons. The molecule has 7 nitrogen and oxygen atoms in total. The predicted octanol–water partition coefficient (Wildman–Crippen LogP) is 4.10. The number of amides is 3. The second kappa shape index (κ2) is 8.70. The fraction of sp³-hybridized carbons (Fsp3) is 0.154. The summed E-state index contributed by atoms with van der Waals surface area (Å²) in [5.41, 5.74) is 1.95. The summed E-state index contributed by atoms with van der Waals surface area (Å²) in [6.07, 6.45) is 2.22. The normalized spacial score (nSPS) is 12.9. The number of rotatable bonds is 7. The monoisotopic (exact) mass is 438 g/mol. The molecule has 33 heavy (non-hydrogen) atoms. The first-order valence-electron chi connectivity index (χ1n) is 10.9. The van der Waals surface area contributed by atoms with Gasteiger partial charge < -0.3 is 5.32 Å². The van der Waals surface area contributed by atoms with Gasteiger partial charge in [0.1, 0.15) is 5.82 Å². The Bertz CT molecular complexity index is 1330. The van der Waals surface area contributed by atoms with Crippen LogP contribution >= 0.6 is 0 Å². The molecule has 1 aromatic heterocycles. The lowest BCUT2D eigenvalue weighted by atomic mass is 10.0. The summed E-state index contributed by atoms with van der Waals surface area (Å²) in [6.45, 7) is 0.730. The number of hydrogen-bond acceptors (Lipinski definition) is 4. The molecular weight excluding hydrogens is 416 g/mol. The Morgan fingerprint density at radius 1 is 0.848 bits per heavy atom. The van der Waals surface area contributed by atoms with Crippen LogP contribution in [0.1, 0.15) is 39.1 Å². The molecule has 1 aliphatic heterocycles. The molecule has 3 amide bonds. The van der Waals surface area contributed by atoms with Crippen LogP contribution in [0.2, 0.25) is 0 Å². The van der Waals surface area contributed by atoms with Crippen molar-refractivity contribution >= 4 is 34.3 Å². The number of anilines is 1. The molecule has 0 saturated carbocycles. The van der Waals surface area contributed by atoms with Gasteiger partial charge in [0, 0.05) is 19.0 Å². The molecule has 1 aliphatic rings. The van der Waals surface area contributed by atoms with Crippen molar-refractivity contribution in [2.75, 3.05) is 11.9 Å². The highest BCUT2D eigenvalue weighted by molar-refractivity contribution is 6.21. The van der Waals surface area contributed by atoms with E-state index in [4.69, 9.17) is 0 Å². The first kappa shape index (κ1) is 20.6. The maximum Gasteiger partial charge on any atom is 0.261 e. The summed E-state index contributed by atoms with van der Waals surface area (Å²) in [5.74, 6) is -0.187. The minimum Gasteiger partial charge on any atom is -0.311 e. The van der Waals surface area contributed by atoms with Crippen molar-refractivity contribution in [3.63, 3.8) is 0 Å². The number of nitrogens with one attached hydrogen (secondary N) is 1. The summed E-state index contributed by atoms with van der Waals surface area (Å²) >= 11 is 0. The van der Waals surface area contributed by atoms with E-state index < -0.39 is 0 Å². The first-order chi connectivity index (χ1) is 16.1. The van der Waals surface area contributed by atoms with Crippen molar-refractivity contribution in [3.05, 3.63) is 95.7 Å². The lowest BCUT2D eigenvalue weighted by Gasteiger charge is -2.14. The van der Waals surface area contributed by atoms with Crippen molar-refractivity contribution in [2.45, 2.75) is 19.4 Å². The largest absolute Gasteiger partial charge is 0.311 e. The van der Waals surface area contributed by atoms with Crippen LogP contribution < -0.4 is 5.32 Å². The maximum atomic E-state index is 12.5. The van der Waals surface area contributed by atoms with E-state index >= 15 is 0 Å². The van der Waals surface area contributed by atoms with Crippen LogP contribution in [0.4, 0.5) is 5.82 Å². The molecule has 0 atom stereocenters. The molecule has 5 rings (SSSR count). The van der Waals surface area contributed by atoms with E-state index in [-0.39, 0.29) is 30.7 Å². The predicted molar refractivity (Wildman–Crippen MR) is 125 cm³/mol. The van der Waals surface area contributed by atoms with Gasteiger partial charge in [0.2, 0.25) is 5.91 Å². The number of nitrogens with zero attached hydrogens (tertiary/aromatic N) is 3. The van der Waals surface area contributed by atoms with Gasteiger partial charge in [-0.1, -0.05) is 54.6 Å². The van der Waals surface area contributed by atoms with Crippen LogP contribution in [0.15, 0.2) is 79.0 Å². The third-order valence-corrected chi connectivity index (χ3v) is 5.85. The minimum absolute atomic E-state index is 0.187. The average Bonchev–Trinajstić information content (AvgIpc) is 3.36. The van der Waals surface area contributed by atoms with Gasteiger partial charge in [0.15, 0.2) is 0 Å². The van der Waals surface area contributed by atoms with Crippen LogP contribution in [0.25, 0.3) is 10.8 Å². The summed E-state index contributed by atoms with van der Waals surface area (Å²) in [6, 6.07) is 22.8. The summed E-state index contributed by atoms with van der Waals surface area (Å²) in [5, 5.41) is 9.56. The smallest absolute Gasteiger partial charge is 0.261 e. The Morgan fingerprint density at radius 2 is 1.55 bits per heavy atom.